The van der Waals surface area contributed by atoms with E-state index >= 15 is 0 Å². The van der Waals surface area contributed by atoms with Gasteiger partial charge in [0, 0.05) is 45.0 Å². The third-order valence-corrected chi connectivity index (χ3v) is 4.48. The molecule has 1 aromatic heterocycles. The van der Waals surface area contributed by atoms with Crippen molar-refractivity contribution in [2.75, 3.05) is 39.4 Å². The molecule has 2 saturated heterocycles. The summed E-state index contributed by atoms with van der Waals surface area (Å²) in [6.45, 7) is 4.14. The Bertz CT molecular complexity index is 491. The largest absolute Gasteiger partial charge is 0.390 e. The monoisotopic (exact) mass is 305 g/mol. The summed E-state index contributed by atoms with van der Waals surface area (Å²) < 4.78 is 5.35. The van der Waals surface area contributed by atoms with Gasteiger partial charge in [0.05, 0.1) is 25.4 Å². The van der Waals surface area contributed by atoms with Crippen LogP contribution in [0.1, 0.15) is 12.0 Å². The number of rotatable bonds is 4. The van der Waals surface area contributed by atoms with Crippen molar-refractivity contribution >= 4 is 5.91 Å². The maximum absolute atomic E-state index is 12.3. The van der Waals surface area contributed by atoms with Crippen molar-refractivity contribution in [1.82, 2.24) is 14.8 Å². The van der Waals surface area contributed by atoms with E-state index in [1.165, 1.54) is 0 Å². The van der Waals surface area contributed by atoms with Crippen LogP contribution in [0.5, 0.6) is 0 Å². The summed E-state index contributed by atoms with van der Waals surface area (Å²) in [7, 11) is 0. The van der Waals surface area contributed by atoms with Crippen LogP contribution in [-0.2, 0) is 16.0 Å². The number of aromatic nitrogens is 1. The first kappa shape index (κ1) is 15.4. The number of likely N-dealkylation sites (tertiary alicyclic amines) is 1. The first-order chi connectivity index (χ1) is 10.7. The van der Waals surface area contributed by atoms with E-state index in [4.69, 9.17) is 4.74 Å². The molecule has 0 saturated carbocycles. The summed E-state index contributed by atoms with van der Waals surface area (Å²) in [6, 6.07) is 3.91. The minimum atomic E-state index is -0.458. The fourth-order valence-corrected chi connectivity index (χ4v) is 3.20. The number of carbonyl (C=O) groups is 1. The van der Waals surface area contributed by atoms with Gasteiger partial charge in [0.25, 0.3) is 0 Å². The van der Waals surface area contributed by atoms with Crippen molar-refractivity contribution in [3.63, 3.8) is 0 Å². The number of nitrogens with zero attached hydrogens (tertiary/aromatic N) is 3. The van der Waals surface area contributed by atoms with Gasteiger partial charge in [0.1, 0.15) is 0 Å². The van der Waals surface area contributed by atoms with E-state index in [0.717, 1.165) is 18.7 Å². The molecule has 1 amide bonds. The first-order valence-electron chi connectivity index (χ1n) is 7.90. The summed E-state index contributed by atoms with van der Waals surface area (Å²) in [5, 5.41) is 10.3. The van der Waals surface area contributed by atoms with Crippen molar-refractivity contribution in [3.05, 3.63) is 30.1 Å². The molecule has 22 heavy (non-hydrogen) atoms. The third-order valence-electron chi connectivity index (χ3n) is 4.48. The van der Waals surface area contributed by atoms with Gasteiger partial charge in [-0.15, -0.1) is 0 Å². The van der Waals surface area contributed by atoms with Crippen molar-refractivity contribution in [1.29, 1.82) is 0 Å². The van der Waals surface area contributed by atoms with E-state index in [0.29, 0.717) is 39.1 Å². The smallest absolute Gasteiger partial charge is 0.223 e. The van der Waals surface area contributed by atoms with Crippen LogP contribution >= 0.6 is 0 Å². The normalized spacial score (nSPS) is 26.3. The Morgan fingerprint density at radius 2 is 2.18 bits per heavy atom. The molecule has 2 aliphatic rings. The first-order valence-corrected chi connectivity index (χ1v) is 7.90. The number of aliphatic hydroxyl groups is 1. The topological polar surface area (TPSA) is 65.9 Å². The van der Waals surface area contributed by atoms with E-state index < -0.39 is 6.10 Å². The van der Waals surface area contributed by atoms with Crippen molar-refractivity contribution in [2.45, 2.75) is 25.0 Å². The zero-order valence-corrected chi connectivity index (χ0v) is 12.7. The maximum atomic E-state index is 12.3. The molecular formula is C16H23N3O3. The highest BCUT2D eigenvalue weighted by atomic mass is 16.5. The minimum absolute atomic E-state index is 0.0474. The fraction of sp³-hybridized carbons (Fsp3) is 0.625. The summed E-state index contributed by atoms with van der Waals surface area (Å²) in [5.74, 6) is 0.110. The SMILES string of the molecule is O=C(CCc1cccnc1)N1C[C@@H](O)[C@H](N2CCOCC2)C1. The summed E-state index contributed by atoms with van der Waals surface area (Å²) in [6.07, 6.45) is 4.23. The zero-order valence-electron chi connectivity index (χ0n) is 12.7. The number of aliphatic hydroxyl groups excluding tert-OH is 1. The predicted molar refractivity (Wildman–Crippen MR) is 81.3 cm³/mol. The van der Waals surface area contributed by atoms with Crippen LogP contribution < -0.4 is 0 Å². The van der Waals surface area contributed by atoms with Gasteiger partial charge in [0.2, 0.25) is 5.91 Å². The zero-order chi connectivity index (χ0) is 15.4. The predicted octanol–water partition coefficient (Wildman–Crippen LogP) is -0.0819. The number of carbonyl (C=O) groups excluding carboxylic acids is 1. The number of amides is 1. The van der Waals surface area contributed by atoms with Gasteiger partial charge in [-0.3, -0.25) is 14.7 Å². The molecule has 3 heterocycles. The molecule has 120 valence electrons. The lowest BCUT2D eigenvalue weighted by Gasteiger charge is -2.33. The lowest BCUT2D eigenvalue weighted by Crippen LogP contribution is -2.49. The molecule has 0 unspecified atom stereocenters. The summed E-state index contributed by atoms with van der Waals surface area (Å²) in [5.41, 5.74) is 1.07. The van der Waals surface area contributed by atoms with Crippen molar-refractivity contribution in [3.8, 4) is 0 Å². The van der Waals surface area contributed by atoms with Crippen molar-refractivity contribution < 1.29 is 14.6 Å². The number of morpholine rings is 1. The lowest BCUT2D eigenvalue weighted by molar-refractivity contribution is -0.130. The van der Waals surface area contributed by atoms with E-state index in [1.807, 2.05) is 12.1 Å². The lowest BCUT2D eigenvalue weighted by atomic mass is 10.1. The molecule has 0 bridgehead atoms. The molecular weight excluding hydrogens is 282 g/mol. The molecule has 1 N–H and O–H groups in total. The standard InChI is InChI=1S/C16H23N3O3/c20-15-12-19(11-14(15)18-6-8-22-9-7-18)16(21)4-3-13-2-1-5-17-10-13/h1-2,5,10,14-15,20H,3-4,6-9,11-12H2/t14-,15-/m1/s1. The number of ether oxygens (including phenoxy) is 1. The Morgan fingerprint density at radius 3 is 2.91 bits per heavy atom. The Kier molecular flexibility index (Phi) is 5.02. The number of aryl methyl sites for hydroxylation is 1. The van der Waals surface area contributed by atoms with Gasteiger partial charge < -0.3 is 14.7 Å². The van der Waals surface area contributed by atoms with Gasteiger partial charge in [-0.25, -0.2) is 0 Å². The Labute approximate surface area is 130 Å². The van der Waals surface area contributed by atoms with E-state index in [2.05, 4.69) is 9.88 Å². The second-order valence-electron chi connectivity index (χ2n) is 5.94. The van der Waals surface area contributed by atoms with Crippen LogP contribution in [0.15, 0.2) is 24.5 Å². The molecule has 0 spiro atoms. The van der Waals surface area contributed by atoms with Crippen LogP contribution in [0.3, 0.4) is 0 Å². The highest BCUT2D eigenvalue weighted by molar-refractivity contribution is 5.77. The molecule has 0 aromatic carbocycles. The summed E-state index contributed by atoms with van der Waals surface area (Å²) in [4.78, 5) is 20.4. The molecule has 6 nitrogen and oxygen atoms in total. The molecule has 1 aromatic rings. The number of β-amino-alcohol motifs (C(OH)–C–C–N with tert-alkyl or cyclic N) is 1. The van der Waals surface area contributed by atoms with Crippen LogP contribution in [0.2, 0.25) is 0 Å². The number of hydrogen-bond acceptors (Lipinski definition) is 5. The second kappa shape index (κ2) is 7.17. The fourth-order valence-electron chi connectivity index (χ4n) is 3.20. The average molecular weight is 305 g/mol. The third kappa shape index (κ3) is 3.63. The Balaban J connectivity index is 1.51. The molecule has 0 aliphatic carbocycles. The highest BCUT2D eigenvalue weighted by Crippen LogP contribution is 2.19. The number of hydrogen-bond donors (Lipinski definition) is 1. The van der Waals surface area contributed by atoms with Gasteiger partial charge in [-0.05, 0) is 18.1 Å². The van der Waals surface area contributed by atoms with Crippen LogP contribution in [0.25, 0.3) is 0 Å². The number of pyridine rings is 1. The van der Waals surface area contributed by atoms with Gasteiger partial charge >= 0.3 is 0 Å². The average Bonchev–Trinajstić information content (AvgIpc) is 2.96. The second-order valence-corrected chi connectivity index (χ2v) is 5.94. The molecule has 2 aliphatic heterocycles. The Hall–Kier alpha value is -1.50. The molecule has 2 fully saturated rings. The van der Waals surface area contributed by atoms with Crippen LogP contribution in [-0.4, -0.2) is 77.3 Å². The van der Waals surface area contributed by atoms with Gasteiger partial charge in [-0.2, -0.15) is 0 Å². The Morgan fingerprint density at radius 1 is 1.36 bits per heavy atom. The highest BCUT2D eigenvalue weighted by Gasteiger charge is 2.37. The van der Waals surface area contributed by atoms with Gasteiger partial charge in [0.15, 0.2) is 0 Å². The van der Waals surface area contributed by atoms with Gasteiger partial charge in [-0.1, -0.05) is 6.07 Å². The quantitative estimate of drug-likeness (QED) is 0.843. The minimum Gasteiger partial charge on any atom is -0.390 e. The van der Waals surface area contributed by atoms with Crippen molar-refractivity contribution in [2.24, 2.45) is 0 Å². The van der Waals surface area contributed by atoms with E-state index in [-0.39, 0.29) is 11.9 Å². The van der Waals surface area contributed by atoms with E-state index in [9.17, 15) is 9.90 Å². The summed E-state index contributed by atoms with van der Waals surface area (Å²) >= 11 is 0. The molecule has 2 atom stereocenters. The van der Waals surface area contributed by atoms with Crippen LogP contribution in [0, 0.1) is 0 Å². The van der Waals surface area contributed by atoms with E-state index in [1.54, 1.807) is 17.3 Å². The maximum Gasteiger partial charge on any atom is 0.223 e. The molecule has 0 radical (unpaired) electrons. The van der Waals surface area contributed by atoms with Crippen LogP contribution in [0.4, 0.5) is 0 Å². The molecule has 3 rings (SSSR count). The molecule has 6 heteroatoms.